The second-order valence-electron chi connectivity index (χ2n) is 1.39. The van der Waals surface area contributed by atoms with Gasteiger partial charge in [-0.3, -0.25) is 0 Å². The number of hydrogen-bond donors (Lipinski definition) is 3. The minimum atomic E-state index is -0.914. The third-order valence-corrected chi connectivity index (χ3v) is 0.542. The van der Waals surface area contributed by atoms with Gasteiger partial charge in [-0.2, -0.15) is 0 Å². The fraction of sp³-hybridized carbons (Fsp3) is 0.167. The zero-order valence-electron chi connectivity index (χ0n) is 7.27. The van der Waals surface area contributed by atoms with Crippen molar-refractivity contribution in [2.75, 3.05) is 0 Å². The monoisotopic (exact) mass is 206 g/mol. The fourth-order valence-corrected chi connectivity index (χ4v) is 0.249. The molecule has 0 amide bonds. The third kappa shape index (κ3) is 98.7. The van der Waals surface area contributed by atoms with Gasteiger partial charge in [-0.05, 0) is 6.92 Å². The number of nitrogens with zero attached hydrogens (tertiary/aromatic N) is 2. The number of hydrogen-bond acceptors (Lipinski definition) is 5. The molecule has 8 heteroatoms. The lowest BCUT2D eigenvalue weighted by Crippen LogP contribution is -1.83. The van der Waals surface area contributed by atoms with Gasteiger partial charge in [0.1, 0.15) is 0 Å². The lowest BCUT2D eigenvalue weighted by molar-refractivity contribution is -0.131. The normalized spacial score (nSPS) is 8.07. The van der Waals surface area contributed by atoms with E-state index in [2.05, 4.69) is 0 Å². The Morgan fingerprint density at radius 2 is 1.50 bits per heavy atom. The van der Waals surface area contributed by atoms with E-state index in [1.54, 1.807) is 12.2 Å². The predicted molar refractivity (Wildman–Crippen MR) is 46.8 cm³/mol. The molecule has 0 saturated heterocycles. The van der Waals surface area contributed by atoms with Crippen LogP contribution >= 0.6 is 0 Å². The van der Waals surface area contributed by atoms with E-state index in [0.717, 1.165) is 6.08 Å². The number of carboxylic acid groups (broad SMARTS) is 1. The maximum Gasteiger partial charge on any atom is 0.328 e. The SMILES string of the molecule is C/C=C/C=C/C(=O)O.O=NO.O=NO. The summed E-state index contributed by atoms with van der Waals surface area (Å²) < 4.78 is 0. The average molecular weight is 206 g/mol. The first kappa shape index (κ1) is 17.7. The van der Waals surface area contributed by atoms with Gasteiger partial charge < -0.3 is 15.5 Å². The second-order valence-corrected chi connectivity index (χ2v) is 1.39. The van der Waals surface area contributed by atoms with Crippen LogP contribution in [0.25, 0.3) is 0 Å². The van der Waals surface area contributed by atoms with Gasteiger partial charge in [-0.1, -0.05) is 18.2 Å². The average Bonchev–Trinajstić information content (AvgIpc) is 2.07. The van der Waals surface area contributed by atoms with Crippen LogP contribution in [0.5, 0.6) is 0 Å². The van der Waals surface area contributed by atoms with Crippen LogP contribution in [0.15, 0.2) is 35.0 Å². The summed E-state index contributed by atoms with van der Waals surface area (Å²) in [6.07, 6.45) is 5.98. The predicted octanol–water partition coefficient (Wildman–Crippen LogP) is 1.49. The summed E-state index contributed by atoms with van der Waals surface area (Å²) >= 11 is 0. The highest BCUT2D eigenvalue weighted by Gasteiger charge is 1.78. The highest BCUT2D eigenvalue weighted by Crippen LogP contribution is 1.74. The Morgan fingerprint density at radius 3 is 1.71 bits per heavy atom. The van der Waals surface area contributed by atoms with Crippen molar-refractivity contribution in [3.8, 4) is 0 Å². The zero-order chi connectivity index (χ0) is 11.8. The molecule has 0 heterocycles. The van der Waals surface area contributed by atoms with Gasteiger partial charge in [-0.25, -0.2) is 4.79 Å². The van der Waals surface area contributed by atoms with Crippen molar-refractivity contribution < 1.29 is 20.3 Å². The molecule has 8 nitrogen and oxygen atoms in total. The van der Waals surface area contributed by atoms with Crippen LogP contribution in [0.1, 0.15) is 6.92 Å². The lowest BCUT2D eigenvalue weighted by atomic mass is 10.4. The Kier molecular flexibility index (Phi) is 28.4. The number of allylic oxidation sites excluding steroid dienone is 3. The van der Waals surface area contributed by atoms with Crippen molar-refractivity contribution >= 4 is 5.97 Å². The molecule has 0 bridgehead atoms. The topological polar surface area (TPSA) is 137 Å². The number of carboxylic acids is 1. The summed E-state index contributed by atoms with van der Waals surface area (Å²) in [5, 5.41) is 23.8. The van der Waals surface area contributed by atoms with Crippen LogP contribution in [-0.4, -0.2) is 21.5 Å². The van der Waals surface area contributed by atoms with Crippen LogP contribution in [0.2, 0.25) is 0 Å². The first-order chi connectivity index (χ1) is 6.60. The number of carbonyl (C=O) groups is 1. The van der Waals surface area contributed by atoms with E-state index >= 15 is 0 Å². The molecule has 0 aliphatic heterocycles. The Balaban J connectivity index is -0.000000168. The van der Waals surface area contributed by atoms with E-state index < -0.39 is 5.97 Å². The zero-order valence-corrected chi connectivity index (χ0v) is 7.27. The van der Waals surface area contributed by atoms with Crippen molar-refractivity contribution in [1.82, 2.24) is 0 Å². The molecule has 0 aliphatic carbocycles. The van der Waals surface area contributed by atoms with Crippen LogP contribution in [0, 0.1) is 9.81 Å². The second kappa shape index (κ2) is 22.4. The van der Waals surface area contributed by atoms with E-state index in [1.165, 1.54) is 16.8 Å². The summed E-state index contributed by atoms with van der Waals surface area (Å²) in [5.74, 6) is -0.914. The smallest absolute Gasteiger partial charge is 0.328 e. The fourth-order valence-electron chi connectivity index (χ4n) is 0.249. The van der Waals surface area contributed by atoms with Crippen molar-refractivity contribution in [2.24, 2.45) is 10.7 Å². The van der Waals surface area contributed by atoms with E-state index in [4.69, 9.17) is 25.3 Å². The van der Waals surface area contributed by atoms with Gasteiger partial charge in [-0.15, -0.1) is 9.81 Å². The van der Waals surface area contributed by atoms with Crippen molar-refractivity contribution in [2.45, 2.75) is 6.92 Å². The van der Waals surface area contributed by atoms with E-state index in [0.29, 0.717) is 0 Å². The molecular formula is C6H10N2O6. The Hall–Kier alpha value is -2.25. The highest BCUT2D eigenvalue weighted by molar-refractivity contribution is 5.80. The molecule has 0 unspecified atom stereocenters. The van der Waals surface area contributed by atoms with Gasteiger partial charge in [0.05, 0.1) is 0 Å². The molecule has 0 saturated carbocycles. The highest BCUT2D eigenvalue weighted by atomic mass is 16.6. The van der Waals surface area contributed by atoms with Crippen LogP contribution in [0.3, 0.4) is 0 Å². The first-order valence-corrected chi connectivity index (χ1v) is 3.06. The Morgan fingerprint density at radius 1 is 1.14 bits per heavy atom. The number of rotatable bonds is 2. The molecule has 14 heavy (non-hydrogen) atoms. The molecule has 3 N–H and O–H groups in total. The molecule has 0 aromatic rings. The van der Waals surface area contributed by atoms with Gasteiger partial charge in [0.25, 0.3) is 0 Å². The van der Waals surface area contributed by atoms with Crippen molar-refractivity contribution in [3.05, 3.63) is 34.1 Å². The van der Waals surface area contributed by atoms with Gasteiger partial charge in [0, 0.05) is 6.08 Å². The molecule has 0 spiro atoms. The molecule has 0 radical (unpaired) electrons. The Labute approximate surface area is 79.0 Å². The van der Waals surface area contributed by atoms with E-state index in [1.807, 2.05) is 6.92 Å². The van der Waals surface area contributed by atoms with Crippen LogP contribution in [0.4, 0.5) is 0 Å². The van der Waals surface area contributed by atoms with Crippen LogP contribution < -0.4 is 0 Å². The van der Waals surface area contributed by atoms with Gasteiger partial charge in [0.2, 0.25) is 0 Å². The molecule has 80 valence electrons. The van der Waals surface area contributed by atoms with E-state index in [9.17, 15) is 4.79 Å². The summed E-state index contributed by atoms with van der Waals surface area (Å²) in [6, 6.07) is 0. The minimum absolute atomic E-state index is 0.914. The largest absolute Gasteiger partial charge is 0.478 e. The van der Waals surface area contributed by atoms with Crippen LogP contribution in [-0.2, 0) is 4.79 Å². The lowest BCUT2D eigenvalue weighted by Gasteiger charge is -1.72. The summed E-state index contributed by atoms with van der Waals surface area (Å²) in [4.78, 5) is 26.0. The van der Waals surface area contributed by atoms with Gasteiger partial charge >= 0.3 is 5.97 Å². The quantitative estimate of drug-likeness (QED) is 0.271. The first-order valence-electron chi connectivity index (χ1n) is 3.06. The maximum absolute atomic E-state index is 9.75. The molecule has 0 atom stereocenters. The van der Waals surface area contributed by atoms with Gasteiger partial charge in [0.15, 0.2) is 10.7 Å². The molecule has 0 fully saturated rings. The standard InChI is InChI=1S/C6H8O2.2HNO2/c1-2-3-4-5-6(7)8;2*2-1-3/h2-5H,1H3,(H,7,8);2*(H,2,3)/b3-2+,5-4+;;. The van der Waals surface area contributed by atoms with Crippen molar-refractivity contribution in [1.29, 1.82) is 0 Å². The summed E-state index contributed by atoms with van der Waals surface area (Å²) in [7, 11) is 0. The minimum Gasteiger partial charge on any atom is -0.478 e. The molecule has 0 rings (SSSR count). The third-order valence-electron chi connectivity index (χ3n) is 0.542. The summed E-state index contributed by atoms with van der Waals surface area (Å²) in [6.45, 7) is 1.83. The number of aliphatic carboxylic acids is 1. The Bertz CT molecular complexity index is 194. The molecule has 0 aromatic carbocycles. The van der Waals surface area contributed by atoms with E-state index in [-0.39, 0.29) is 0 Å². The maximum atomic E-state index is 9.75. The van der Waals surface area contributed by atoms with Crippen molar-refractivity contribution in [3.63, 3.8) is 0 Å². The molecule has 0 aromatic heterocycles. The summed E-state index contributed by atoms with van der Waals surface area (Å²) in [5.41, 5.74) is 0. The molecular weight excluding hydrogens is 196 g/mol. The molecule has 0 aliphatic rings.